The summed E-state index contributed by atoms with van der Waals surface area (Å²) in [4.78, 5) is 4.38. The van der Waals surface area contributed by atoms with E-state index in [1.807, 2.05) is 25.1 Å². The number of hydrogen-bond donors (Lipinski definition) is 0. The van der Waals surface area contributed by atoms with E-state index in [2.05, 4.69) is 4.99 Å². The zero-order valence-electron chi connectivity index (χ0n) is 9.53. The predicted octanol–water partition coefficient (Wildman–Crippen LogP) is 1.60. The van der Waals surface area contributed by atoms with E-state index in [1.165, 1.54) is 6.26 Å². The normalized spacial score (nSPS) is 15.5. The Morgan fingerprint density at radius 2 is 2.12 bits per heavy atom. The van der Waals surface area contributed by atoms with Crippen molar-refractivity contribution < 1.29 is 8.42 Å². The molecule has 0 aliphatic carbocycles. The van der Waals surface area contributed by atoms with Crippen molar-refractivity contribution in [2.45, 2.75) is 19.1 Å². The molecule has 0 unspecified atom stereocenters. The Balaban J connectivity index is 2.49. The van der Waals surface area contributed by atoms with E-state index in [1.54, 1.807) is 0 Å². The average Bonchev–Trinajstić information content (AvgIpc) is 2.17. The molecule has 0 N–H and O–H groups in total. The molecule has 0 spiro atoms. The highest BCUT2D eigenvalue weighted by Crippen LogP contribution is 2.21. The molecule has 4 heteroatoms. The molecule has 1 aliphatic rings. The SMILES string of the molecule is CC1=NCCc2c(CS(C)(=O)=O)cccc21. The highest BCUT2D eigenvalue weighted by Gasteiger charge is 2.16. The summed E-state index contributed by atoms with van der Waals surface area (Å²) in [5, 5.41) is 0. The summed E-state index contributed by atoms with van der Waals surface area (Å²) < 4.78 is 22.7. The summed E-state index contributed by atoms with van der Waals surface area (Å²) in [5.41, 5.74) is 4.19. The minimum Gasteiger partial charge on any atom is -0.289 e. The van der Waals surface area contributed by atoms with Crippen molar-refractivity contribution >= 4 is 15.5 Å². The van der Waals surface area contributed by atoms with E-state index in [-0.39, 0.29) is 5.75 Å². The van der Waals surface area contributed by atoms with Crippen LogP contribution in [0.3, 0.4) is 0 Å². The second-order valence-electron chi connectivity index (χ2n) is 4.23. The van der Waals surface area contributed by atoms with Gasteiger partial charge in [-0.1, -0.05) is 18.2 Å². The van der Waals surface area contributed by atoms with Crippen LogP contribution in [0.1, 0.15) is 23.6 Å². The molecular weight excluding hydrogens is 222 g/mol. The van der Waals surface area contributed by atoms with Crippen LogP contribution in [0, 0.1) is 0 Å². The molecule has 0 fully saturated rings. The van der Waals surface area contributed by atoms with Gasteiger partial charge >= 0.3 is 0 Å². The molecule has 1 heterocycles. The van der Waals surface area contributed by atoms with E-state index >= 15 is 0 Å². The topological polar surface area (TPSA) is 46.5 Å². The predicted molar refractivity (Wildman–Crippen MR) is 65.8 cm³/mol. The minimum atomic E-state index is -2.97. The summed E-state index contributed by atoms with van der Waals surface area (Å²) in [6, 6.07) is 5.82. The maximum absolute atomic E-state index is 11.3. The van der Waals surface area contributed by atoms with Gasteiger partial charge in [-0.3, -0.25) is 4.99 Å². The average molecular weight is 237 g/mol. The first-order valence-corrected chi connectivity index (χ1v) is 7.33. The van der Waals surface area contributed by atoms with Gasteiger partial charge in [-0.25, -0.2) is 8.42 Å². The number of sulfone groups is 1. The van der Waals surface area contributed by atoms with E-state index in [0.29, 0.717) is 0 Å². The quantitative estimate of drug-likeness (QED) is 0.784. The van der Waals surface area contributed by atoms with Crippen molar-refractivity contribution in [2.75, 3.05) is 12.8 Å². The fourth-order valence-electron chi connectivity index (χ4n) is 2.11. The molecule has 3 nitrogen and oxygen atoms in total. The Morgan fingerprint density at radius 1 is 1.38 bits per heavy atom. The fourth-order valence-corrected chi connectivity index (χ4v) is 2.94. The van der Waals surface area contributed by atoms with Gasteiger partial charge in [0.1, 0.15) is 0 Å². The van der Waals surface area contributed by atoms with Crippen molar-refractivity contribution in [3.63, 3.8) is 0 Å². The number of aliphatic imine (C=N–C) groups is 1. The lowest BCUT2D eigenvalue weighted by atomic mass is 9.94. The third-order valence-corrected chi connectivity index (χ3v) is 3.63. The Labute approximate surface area is 96.1 Å². The summed E-state index contributed by atoms with van der Waals surface area (Å²) in [6.45, 7) is 2.74. The molecule has 0 radical (unpaired) electrons. The van der Waals surface area contributed by atoms with E-state index in [4.69, 9.17) is 0 Å². The van der Waals surface area contributed by atoms with Crippen LogP contribution in [0.2, 0.25) is 0 Å². The molecule has 1 aliphatic heterocycles. The van der Waals surface area contributed by atoms with Crippen LogP contribution < -0.4 is 0 Å². The lowest BCUT2D eigenvalue weighted by molar-refractivity contribution is 0.601. The maximum atomic E-state index is 11.3. The van der Waals surface area contributed by atoms with Crippen LogP contribution in [-0.4, -0.2) is 26.9 Å². The third kappa shape index (κ3) is 2.32. The Hall–Kier alpha value is -1.16. The number of hydrogen-bond acceptors (Lipinski definition) is 3. The monoisotopic (exact) mass is 237 g/mol. The first kappa shape index (κ1) is 11.3. The van der Waals surface area contributed by atoms with Gasteiger partial charge in [-0.05, 0) is 30.0 Å². The minimum absolute atomic E-state index is 0.128. The molecule has 0 amide bonds. The van der Waals surface area contributed by atoms with Gasteiger partial charge in [0.15, 0.2) is 9.84 Å². The molecule has 0 saturated heterocycles. The van der Waals surface area contributed by atoms with E-state index in [0.717, 1.165) is 35.4 Å². The molecule has 16 heavy (non-hydrogen) atoms. The Kier molecular flexibility index (Phi) is 2.84. The Bertz CT molecular complexity index is 544. The van der Waals surface area contributed by atoms with Gasteiger partial charge in [-0.15, -0.1) is 0 Å². The first-order chi connectivity index (χ1) is 7.47. The van der Waals surface area contributed by atoms with Gasteiger partial charge in [0.2, 0.25) is 0 Å². The van der Waals surface area contributed by atoms with Crippen molar-refractivity contribution in [3.05, 3.63) is 34.9 Å². The van der Waals surface area contributed by atoms with Crippen LogP contribution in [0.15, 0.2) is 23.2 Å². The van der Waals surface area contributed by atoms with E-state index in [9.17, 15) is 8.42 Å². The molecule has 0 saturated carbocycles. The van der Waals surface area contributed by atoms with Crippen molar-refractivity contribution in [1.29, 1.82) is 0 Å². The van der Waals surface area contributed by atoms with Gasteiger partial charge in [-0.2, -0.15) is 0 Å². The van der Waals surface area contributed by atoms with Gasteiger partial charge in [0, 0.05) is 18.5 Å². The van der Waals surface area contributed by atoms with Crippen molar-refractivity contribution in [1.82, 2.24) is 0 Å². The highest BCUT2D eigenvalue weighted by atomic mass is 32.2. The van der Waals surface area contributed by atoms with Crippen LogP contribution in [0.4, 0.5) is 0 Å². The van der Waals surface area contributed by atoms with Gasteiger partial charge < -0.3 is 0 Å². The zero-order chi connectivity index (χ0) is 11.8. The molecular formula is C12H15NO2S. The van der Waals surface area contributed by atoms with Crippen LogP contribution >= 0.6 is 0 Å². The van der Waals surface area contributed by atoms with Crippen molar-refractivity contribution in [3.8, 4) is 0 Å². The summed E-state index contributed by atoms with van der Waals surface area (Å²) >= 11 is 0. The third-order valence-electron chi connectivity index (χ3n) is 2.79. The van der Waals surface area contributed by atoms with Crippen molar-refractivity contribution in [2.24, 2.45) is 4.99 Å². The van der Waals surface area contributed by atoms with Crippen LogP contribution in [0.5, 0.6) is 0 Å². The van der Waals surface area contributed by atoms with Crippen LogP contribution in [0.25, 0.3) is 0 Å². The summed E-state index contributed by atoms with van der Waals surface area (Å²) in [6.07, 6.45) is 2.12. The fraction of sp³-hybridized carbons (Fsp3) is 0.417. The lowest BCUT2D eigenvalue weighted by Gasteiger charge is -2.17. The smallest absolute Gasteiger partial charge is 0.151 e. The molecule has 2 rings (SSSR count). The van der Waals surface area contributed by atoms with Crippen LogP contribution in [-0.2, 0) is 22.0 Å². The molecule has 0 bridgehead atoms. The summed E-state index contributed by atoms with van der Waals surface area (Å²) in [5.74, 6) is 0.128. The number of fused-ring (bicyclic) bond motifs is 1. The number of nitrogens with zero attached hydrogens (tertiary/aromatic N) is 1. The second kappa shape index (κ2) is 4.01. The molecule has 0 atom stereocenters. The maximum Gasteiger partial charge on any atom is 0.151 e. The molecule has 1 aromatic carbocycles. The van der Waals surface area contributed by atoms with Gasteiger partial charge in [0.05, 0.1) is 5.75 Å². The second-order valence-corrected chi connectivity index (χ2v) is 6.37. The number of rotatable bonds is 2. The lowest BCUT2D eigenvalue weighted by Crippen LogP contribution is -2.14. The molecule has 86 valence electrons. The van der Waals surface area contributed by atoms with Gasteiger partial charge in [0.25, 0.3) is 0 Å². The Morgan fingerprint density at radius 3 is 2.81 bits per heavy atom. The van der Waals surface area contributed by atoms with E-state index < -0.39 is 9.84 Å². The zero-order valence-corrected chi connectivity index (χ0v) is 10.3. The standard InChI is InChI=1S/C12H15NO2S/c1-9-11-5-3-4-10(8-16(2,14)15)12(11)6-7-13-9/h3-5H,6-8H2,1-2H3. The first-order valence-electron chi connectivity index (χ1n) is 5.27. The largest absolute Gasteiger partial charge is 0.289 e. The highest BCUT2D eigenvalue weighted by molar-refractivity contribution is 7.89. The molecule has 1 aromatic rings. The number of benzene rings is 1. The summed E-state index contributed by atoms with van der Waals surface area (Å²) in [7, 11) is -2.97. The molecule has 0 aromatic heterocycles.